The summed E-state index contributed by atoms with van der Waals surface area (Å²) >= 11 is 0. The molecule has 1 aliphatic rings. The molecule has 2 heterocycles. The van der Waals surface area contributed by atoms with Gasteiger partial charge < -0.3 is 24.1 Å². The molecule has 0 radical (unpaired) electrons. The zero-order chi connectivity index (χ0) is 21.8. The molecule has 2 aromatic carbocycles. The summed E-state index contributed by atoms with van der Waals surface area (Å²) in [5, 5.41) is 3.68. The zero-order valence-corrected chi connectivity index (χ0v) is 17.7. The van der Waals surface area contributed by atoms with Crippen LogP contribution < -0.4 is 10.1 Å². The molecule has 0 saturated carbocycles. The van der Waals surface area contributed by atoms with E-state index in [0.717, 1.165) is 5.56 Å². The van der Waals surface area contributed by atoms with Gasteiger partial charge in [0.1, 0.15) is 12.2 Å². The smallest absolute Gasteiger partial charge is 0.294 e. The van der Waals surface area contributed by atoms with Crippen LogP contribution in [0.5, 0.6) is 5.75 Å². The van der Waals surface area contributed by atoms with Crippen molar-refractivity contribution < 1.29 is 23.5 Å². The maximum Gasteiger partial charge on any atom is 0.294 e. The molecule has 0 bridgehead atoms. The fourth-order valence-electron chi connectivity index (χ4n) is 3.82. The van der Waals surface area contributed by atoms with Crippen LogP contribution >= 0.6 is 0 Å². The number of carbonyl (C=O) groups is 2. The average molecular weight is 422 g/mol. The summed E-state index contributed by atoms with van der Waals surface area (Å²) in [5.74, 6) is -0.175. The fraction of sp³-hybridized carbons (Fsp3) is 0.333. The molecule has 0 spiro atoms. The molecule has 31 heavy (non-hydrogen) atoms. The largest absolute Gasteiger partial charge is 0.486 e. The molecule has 1 N–H and O–H groups in total. The van der Waals surface area contributed by atoms with Gasteiger partial charge in [-0.1, -0.05) is 42.5 Å². The topological polar surface area (TPSA) is 81.0 Å². The second-order valence-corrected chi connectivity index (χ2v) is 7.76. The predicted molar refractivity (Wildman–Crippen MR) is 116 cm³/mol. The number of ether oxygens (including phenoxy) is 2. The van der Waals surface area contributed by atoms with E-state index < -0.39 is 5.54 Å². The molecule has 4 rings (SSSR count). The van der Waals surface area contributed by atoms with E-state index in [1.54, 1.807) is 20.1 Å². The van der Waals surface area contributed by atoms with Crippen molar-refractivity contribution in [2.75, 3.05) is 33.4 Å². The summed E-state index contributed by atoms with van der Waals surface area (Å²) in [6.07, 6.45) is 0.695. The predicted octanol–water partition coefficient (Wildman–Crippen LogP) is 3.03. The maximum atomic E-state index is 13.4. The zero-order valence-electron chi connectivity index (χ0n) is 17.7. The summed E-state index contributed by atoms with van der Waals surface area (Å²) in [6, 6.07) is 17.2. The third-order valence-electron chi connectivity index (χ3n) is 5.63. The Kier molecular flexibility index (Phi) is 5.95. The fourth-order valence-corrected chi connectivity index (χ4v) is 3.82. The Morgan fingerprint density at radius 2 is 1.90 bits per heavy atom. The Balaban J connectivity index is 1.58. The molecular weight excluding hydrogens is 396 g/mol. The van der Waals surface area contributed by atoms with Gasteiger partial charge in [-0.05, 0) is 31.0 Å². The molecule has 1 atom stereocenters. The Morgan fingerprint density at radius 1 is 1.16 bits per heavy atom. The SMILES string of the molecule is COCCN1C(=O)c2oc3ccccc3c2OCC1(C)C(=O)NCCc1ccccc1. The summed E-state index contributed by atoms with van der Waals surface area (Å²) in [5.41, 5.74) is 0.487. The number of hydrogen-bond donors (Lipinski definition) is 1. The second-order valence-electron chi connectivity index (χ2n) is 7.76. The van der Waals surface area contributed by atoms with Gasteiger partial charge in [-0.25, -0.2) is 0 Å². The van der Waals surface area contributed by atoms with E-state index in [4.69, 9.17) is 13.9 Å². The van der Waals surface area contributed by atoms with Gasteiger partial charge in [-0.3, -0.25) is 9.59 Å². The van der Waals surface area contributed by atoms with Gasteiger partial charge in [0.15, 0.2) is 11.3 Å². The van der Waals surface area contributed by atoms with Crippen molar-refractivity contribution in [3.8, 4) is 5.75 Å². The number of carbonyl (C=O) groups excluding carboxylic acids is 2. The number of rotatable bonds is 7. The Morgan fingerprint density at radius 3 is 2.68 bits per heavy atom. The lowest BCUT2D eigenvalue weighted by Gasteiger charge is -2.37. The van der Waals surface area contributed by atoms with Gasteiger partial charge in [-0.15, -0.1) is 0 Å². The molecule has 1 aromatic heterocycles. The van der Waals surface area contributed by atoms with Gasteiger partial charge in [0.05, 0.1) is 12.0 Å². The maximum absolute atomic E-state index is 13.4. The lowest BCUT2D eigenvalue weighted by atomic mass is 9.99. The van der Waals surface area contributed by atoms with E-state index in [0.29, 0.717) is 29.7 Å². The average Bonchev–Trinajstić information content (AvgIpc) is 3.12. The molecule has 0 fully saturated rings. The van der Waals surface area contributed by atoms with Crippen LogP contribution in [0.4, 0.5) is 0 Å². The van der Waals surface area contributed by atoms with Crippen LogP contribution in [0.15, 0.2) is 59.0 Å². The summed E-state index contributed by atoms with van der Waals surface area (Å²) in [7, 11) is 1.56. The lowest BCUT2D eigenvalue weighted by Crippen LogP contribution is -2.62. The highest BCUT2D eigenvalue weighted by molar-refractivity contribution is 6.04. The van der Waals surface area contributed by atoms with Crippen molar-refractivity contribution in [3.63, 3.8) is 0 Å². The Bertz CT molecular complexity index is 1080. The number of amides is 2. The Hall–Kier alpha value is -3.32. The van der Waals surface area contributed by atoms with Crippen LogP contribution in [0.25, 0.3) is 11.0 Å². The summed E-state index contributed by atoms with van der Waals surface area (Å²) < 4.78 is 17.0. The first-order valence-electron chi connectivity index (χ1n) is 10.3. The first-order valence-corrected chi connectivity index (χ1v) is 10.3. The number of benzene rings is 2. The minimum absolute atomic E-state index is 0.0101. The number of nitrogens with one attached hydrogen (secondary N) is 1. The van der Waals surface area contributed by atoms with E-state index >= 15 is 0 Å². The highest BCUT2D eigenvalue weighted by atomic mass is 16.5. The van der Waals surface area contributed by atoms with Crippen molar-refractivity contribution in [2.45, 2.75) is 18.9 Å². The van der Waals surface area contributed by atoms with Crippen LogP contribution in [0.3, 0.4) is 0 Å². The van der Waals surface area contributed by atoms with E-state index in [1.165, 1.54) is 4.90 Å². The monoisotopic (exact) mass is 422 g/mol. The molecule has 2 amide bonds. The molecule has 0 aliphatic carbocycles. The van der Waals surface area contributed by atoms with Gasteiger partial charge in [0.25, 0.3) is 5.91 Å². The van der Waals surface area contributed by atoms with Gasteiger partial charge >= 0.3 is 0 Å². The second kappa shape index (κ2) is 8.81. The van der Waals surface area contributed by atoms with Crippen LogP contribution in [0.2, 0.25) is 0 Å². The molecule has 1 unspecified atom stereocenters. The molecule has 7 heteroatoms. The van der Waals surface area contributed by atoms with Crippen LogP contribution in [-0.2, 0) is 16.0 Å². The summed E-state index contributed by atoms with van der Waals surface area (Å²) in [6.45, 7) is 2.70. The highest BCUT2D eigenvalue weighted by Crippen LogP contribution is 2.38. The van der Waals surface area contributed by atoms with E-state index in [-0.39, 0.29) is 37.3 Å². The minimum atomic E-state index is -1.21. The number of furan rings is 1. The van der Waals surface area contributed by atoms with Crippen LogP contribution in [-0.4, -0.2) is 55.7 Å². The van der Waals surface area contributed by atoms with Crippen molar-refractivity contribution in [2.24, 2.45) is 0 Å². The molecular formula is C24H26N2O5. The van der Waals surface area contributed by atoms with Crippen molar-refractivity contribution in [1.29, 1.82) is 0 Å². The van der Waals surface area contributed by atoms with Crippen LogP contribution in [0, 0.1) is 0 Å². The highest BCUT2D eigenvalue weighted by Gasteiger charge is 2.47. The van der Waals surface area contributed by atoms with Crippen molar-refractivity contribution in [3.05, 3.63) is 65.9 Å². The lowest BCUT2D eigenvalue weighted by molar-refractivity contribution is -0.133. The minimum Gasteiger partial charge on any atom is -0.486 e. The first kappa shape index (κ1) is 20.9. The van der Waals surface area contributed by atoms with Crippen molar-refractivity contribution in [1.82, 2.24) is 10.2 Å². The first-order chi connectivity index (χ1) is 15.0. The van der Waals surface area contributed by atoms with Crippen molar-refractivity contribution >= 4 is 22.8 Å². The van der Waals surface area contributed by atoms with Crippen LogP contribution in [0.1, 0.15) is 23.0 Å². The third kappa shape index (κ3) is 4.01. The quantitative estimate of drug-likeness (QED) is 0.633. The number of hydrogen-bond acceptors (Lipinski definition) is 5. The number of nitrogens with zero attached hydrogens (tertiary/aromatic N) is 1. The summed E-state index contributed by atoms with van der Waals surface area (Å²) in [4.78, 5) is 28.2. The molecule has 0 saturated heterocycles. The van der Waals surface area contributed by atoms with Gasteiger partial charge in [0.2, 0.25) is 11.7 Å². The van der Waals surface area contributed by atoms with E-state index in [1.807, 2.05) is 48.5 Å². The van der Waals surface area contributed by atoms with E-state index in [9.17, 15) is 9.59 Å². The molecule has 1 aliphatic heterocycles. The standard InChI is InChI=1S/C24H26N2O5/c1-24(23(28)25-13-12-17-8-4-3-5-9-17)16-30-20-18-10-6-7-11-19(18)31-21(20)22(27)26(24)14-15-29-2/h3-11H,12-16H2,1-2H3,(H,25,28). The third-order valence-corrected chi connectivity index (χ3v) is 5.63. The van der Waals surface area contributed by atoms with E-state index in [2.05, 4.69) is 5.32 Å². The van der Waals surface area contributed by atoms with Gasteiger partial charge in [-0.2, -0.15) is 0 Å². The Labute approximate surface area is 180 Å². The molecule has 162 valence electrons. The number of para-hydroxylation sites is 1. The van der Waals surface area contributed by atoms with Gasteiger partial charge in [0, 0.05) is 20.2 Å². The molecule has 3 aromatic rings. The normalized spacial score (nSPS) is 18.4. The number of methoxy groups -OCH3 is 1. The molecule has 7 nitrogen and oxygen atoms in total. The number of fused-ring (bicyclic) bond motifs is 3.